The number of ether oxygens (including phenoxy) is 15. The lowest BCUT2D eigenvalue weighted by Gasteiger charge is -2.46. The molecule has 0 aromatic carbocycles. The van der Waals surface area contributed by atoms with E-state index in [9.17, 15) is 102 Å². The summed E-state index contributed by atoms with van der Waals surface area (Å²) >= 11 is 0. The van der Waals surface area contributed by atoms with E-state index in [2.05, 4.69) is 0 Å². The third kappa shape index (κ3) is 19.4. The molecular weight excluding hydrogens is 1270 g/mol. The van der Waals surface area contributed by atoms with Crippen LogP contribution in [-0.2, 0) is 71.1 Å². The number of methoxy groups -OCH3 is 2. The first-order chi connectivity index (χ1) is 45.1. The zero-order valence-electron chi connectivity index (χ0n) is 53.1. The van der Waals surface area contributed by atoms with E-state index in [0.717, 1.165) is 0 Å². The van der Waals surface area contributed by atoms with Gasteiger partial charge in [0.25, 0.3) is 0 Å². The first-order valence-electron chi connectivity index (χ1n) is 32.3. The van der Waals surface area contributed by atoms with Crippen molar-refractivity contribution in [3.05, 3.63) is 0 Å². The highest BCUT2D eigenvalue weighted by molar-refractivity contribution is 4.99. The summed E-state index contributed by atoms with van der Waals surface area (Å²) < 4.78 is 87.1. The maximum Gasteiger partial charge on any atom is 0.186 e. The van der Waals surface area contributed by atoms with Crippen molar-refractivity contribution in [3.8, 4) is 0 Å². The fourth-order valence-corrected chi connectivity index (χ4v) is 13.8. The molecule has 22 unspecified atom stereocenters. The third-order valence-electron chi connectivity index (χ3n) is 19.7. The molecule has 20 N–H and O–H groups in total. The maximum absolute atomic E-state index is 11.9. The molecule has 35 heteroatoms. The molecule has 0 amide bonds. The zero-order valence-corrected chi connectivity index (χ0v) is 53.1. The van der Waals surface area contributed by atoms with Crippen molar-refractivity contribution in [2.24, 2.45) is 41.4 Å². The van der Waals surface area contributed by atoms with E-state index in [1.54, 1.807) is 6.92 Å². The normalized spacial score (nSPS) is 46.7. The molecule has 7 aliphatic rings. The number of hydrogen-bond acceptors (Lipinski definition) is 35. The number of aliphatic hydroxyl groups is 20. The van der Waals surface area contributed by atoms with E-state index >= 15 is 0 Å². The van der Waals surface area contributed by atoms with E-state index in [4.69, 9.17) is 71.1 Å². The molecule has 7 heterocycles. The highest BCUT2D eigenvalue weighted by atomic mass is 16.7. The molecule has 0 saturated carbocycles. The number of hydrogen-bond donors (Lipinski definition) is 20. The molecule has 0 bridgehead atoms. The smallest absolute Gasteiger partial charge is 0.186 e. The van der Waals surface area contributed by atoms with Crippen molar-refractivity contribution in [3.63, 3.8) is 0 Å². The number of rotatable bonds is 33. The van der Waals surface area contributed by atoms with Crippen LogP contribution in [0.4, 0.5) is 0 Å². The van der Waals surface area contributed by atoms with Gasteiger partial charge in [-0.3, -0.25) is 0 Å². The van der Waals surface area contributed by atoms with Crippen LogP contribution in [0.25, 0.3) is 0 Å². The summed E-state index contributed by atoms with van der Waals surface area (Å²) in [5.41, 5.74) is 0. The largest absolute Gasteiger partial charge is 0.394 e. The van der Waals surface area contributed by atoms with Crippen molar-refractivity contribution in [1.82, 2.24) is 0 Å². The van der Waals surface area contributed by atoms with Gasteiger partial charge in [-0.25, -0.2) is 0 Å². The van der Waals surface area contributed by atoms with Crippen molar-refractivity contribution in [2.45, 2.75) is 191 Å². The van der Waals surface area contributed by atoms with E-state index in [1.807, 2.05) is 0 Å². The minimum Gasteiger partial charge on any atom is -0.394 e. The standard InChI is InChI=1S/C59H106O35/c1-4-26-34(6-60)87-12-25(5-33(66)46(26)67)86-18-32-38(10-64)92-44(56(77)51(32)72)22-85-17-31-40(24-88-59-58(79)52(73)30(39(11-65)94-59)16-84-20-42-54(75)47(68)27(13-80-2)35(7-61)90-42)93-45(57(78)50(31)71)23-83-15-29-37(9-63)91-43(55(76)49(29)70)21-82-14-28-36(8-62)89-41(19-81-3)53(74)48(28)69/h25-79H,4-24H2,1-3H3/t25?,26-,27-,28-,29-,30-,31-,32-,33?,34?,35?,36?,37?,38?,39?,40?,41-,42-,43-,44-,45-,46?,47?,48?,49?,50?,51?,52?,53?,54?,55?,56?,57?,58?,59+/m1/s1. The Labute approximate surface area is 543 Å². The van der Waals surface area contributed by atoms with Crippen LogP contribution in [0.1, 0.15) is 19.8 Å². The summed E-state index contributed by atoms with van der Waals surface area (Å²) in [7, 11) is 2.76. The molecule has 0 aromatic rings. The van der Waals surface area contributed by atoms with Gasteiger partial charge in [-0.15, -0.1) is 0 Å². The van der Waals surface area contributed by atoms with Gasteiger partial charge < -0.3 is 173 Å². The Balaban J connectivity index is 0.980. The molecule has 7 aliphatic heterocycles. The highest BCUT2D eigenvalue weighted by Gasteiger charge is 2.53. The Hall–Kier alpha value is -1.40. The van der Waals surface area contributed by atoms with Crippen LogP contribution >= 0.6 is 0 Å². The predicted molar refractivity (Wildman–Crippen MR) is 310 cm³/mol. The van der Waals surface area contributed by atoms with Crippen LogP contribution in [0.3, 0.4) is 0 Å². The summed E-state index contributed by atoms with van der Waals surface area (Å²) in [4.78, 5) is 0. The first kappa shape index (κ1) is 79.9. The third-order valence-corrected chi connectivity index (χ3v) is 19.7. The van der Waals surface area contributed by atoms with Gasteiger partial charge in [0.1, 0.15) is 67.1 Å². The number of aliphatic hydroxyl groups excluding tert-OH is 20. The van der Waals surface area contributed by atoms with Crippen LogP contribution in [-0.4, -0.2) is 413 Å². The molecule has 0 radical (unpaired) electrons. The van der Waals surface area contributed by atoms with Gasteiger partial charge in [-0.1, -0.05) is 6.92 Å². The van der Waals surface area contributed by atoms with Gasteiger partial charge in [0.15, 0.2) is 6.29 Å². The summed E-state index contributed by atoms with van der Waals surface area (Å²) in [6, 6.07) is 0. The fourth-order valence-electron chi connectivity index (χ4n) is 13.8. The monoisotopic (exact) mass is 1370 g/mol. The molecule has 0 aromatic heterocycles. The average Bonchev–Trinajstić information content (AvgIpc) is 0.825. The maximum atomic E-state index is 11.9. The van der Waals surface area contributed by atoms with E-state index in [0.29, 0.717) is 6.42 Å². The second kappa shape index (κ2) is 38.6. The summed E-state index contributed by atoms with van der Waals surface area (Å²) in [6.07, 6.45) is -37.5. The van der Waals surface area contributed by atoms with Crippen LogP contribution in [0, 0.1) is 41.4 Å². The van der Waals surface area contributed by atoms with Gasteiger partial charge in [-0.05, 0) is 6.42 Å². The molecular formula is C59H106O35. The van der Waals surface area contributed by atoms with Crippen molar-refractivity contribution in [2.75, 3.05) is 140 Å². The quantitative estimate of drug-likeness (QED) is 0.0290. The van der Waals surface area contributed by atoms with Crippen LogP contribution in [0.5, 0.6) is 0 Å². The Morgan fingerprint density at radius 1 is 0.287 bits per heavy atom. The first-order valence-corrected chi connectivity index (χ1v) is 32.3. The van der Waals surface area contributed by atoms with Gasteiger partial charge in [0, 0.05) is 62.1 Å². The van der Waals surface area contributed by atoms with Gasteiger partial charge in [0.05, 0.1) is 223 Å². The van der Waals surface area contributed by atoms with E-state index < -0.39 is 292 Å². The Morgan fingerprint density at radius 3 is 0.968 bits per heavy atom. The topological polar surface area (TPSA) is 543 Å². The van der Waals surface area contributed by atoms with Crippen molar-refractivity contribution in [1.29, 1.82) is 0 Å². The Morgan fingerprint density at radius 2 is 0.606 bits per heavy atom. The molecule has 94 heavy (non-hydrogen) atoms. The predicted octanol–water partition coefficient (Wildman–Crippen LogP) is -11.2. The summed E-state index contributed by atoms with van der Waals surface area (Å²) in [5, 5.41) is 217. The molecule has 7 fully saturated rings. The SMILES string of the molecule is CC[C@@H]1C(CO)OCC(OC[C@@H]2C(CO)O[C@H](COC[C@@H]3C(CO[C@H]4OC(CO)[C@@H](COC[C@H]5OC(CO)[C@@H](COC)C(O)C5O)C(O)C4O)O[C@H](COC[C@@H]4C(CO)O[C@H](COC[C@@H]5C(CO)O[C@H](COC)C(O)C5O)C(O)C4O)C(O)C3O)C(O)C2O)CC(O)C1O. The molecule has 35 atom stereocenters. The lowest BCUT2D eigenvalue weighted by atomic mass is 9.86. The second-order valence-electron chi connectivity index (χ2n) is 25.7. The minimum absolute atomic E-state index is 0.0255. The van der Waals surface area contributed by atoms with E-state index in [1.165, 1.54) is 14.2 Å². The second-order valence-corrected chi connectivity index (χ2v) is 25.7. The van der Waals surface area contributed by atoms with E-state index in [-0.39, 0.29) is 52.7 Å². The van der Waals surface area contributed by atoms with Crippen LogP contribution < -0.4 is 0 Å². The van der Waals surface area contributed by atoms with Gasteiger partial charge >= 0.3 is 0 Å². The van der Waals surface area contributed by atoms with Gasteiger partial charge in [0.2, 0.25) is 0 Å². The highest BCUT2D eigenvalue weighted by Crippen LogP contribution is 2.36. The van der Waals surface area contributed by atoms with Crippen LogP contribution in [0.2, 0.25) is 0 Å². The molecule has 0 aliphatic carbocycles. The molecule has 552 valence electrons. The Kier molecular flexibility index (Phi) is 32.8. The summed E-state index contributed by atoms with van der Waals surface area (Å²) in [5.74, 6) is -6.79. The zero-order chi connectivity index (χ0) is 68.7. The van der Waals surface area contributed by atoms with Gasteiger partial charge in [-0.2, -0.15) is 0 Å². The molecule has 35 nitrogen and oxygen atoms in total. The molecule has 7 rings (SSSR count). The summed E-state index contributed by atoms with van der Waals surface area (Å²) in [6.45, 7) is -6.28. The molecule has 0 spiro atoms. The average molecular weight is 1380 g/mol. The Bertz CT molecular complexity index is 2090. The van der Waals surface area contributed by atoms with Crippen LogP contribution in [0.15, 0.2) is 0 Å². The van der Waals surface area contributed by atoms with Crippen molar-refractivity contribution >= 4 is 0 Å². The van der Waals surface area contributed by atoms with Crippen molar-refractivity contribution < 1.29 is 173 Å². The lowest BCUT2D eigenvalue weighted by Crippen LogP contribution is -2.61. The molecule has 7 saturated heterocycles. The lowest BCUT2D eigenvalue weighted by molar-refractivity contribution is -0.310. The minimum atomic E-state index is -1.84. The fraction of sp³-hybridized carbons (Fsp3) is 1.00.